The van der Waals surface area contributed by atoms with E-state index < -0.39 is 44.7 Å². The monoisotopic (exact) mass is 878 g/mol. The molecule has 0 heterocycles. The largest absolute Gasteiger partial charge is 0.472 e. The Morgan fingerprint density at radius 3 is 1.80 bits per heavy atom. The van der Waals surface area contributed by atoms with Gasteiger partial charge in [0.2, 0.25) is 0 Å². The van der Waals surface area contributed by atoms with Crippen LogP contribution in [-0.4, -0.2) is 71.7 Å². The summed E-state index contributed by atoms with van der Waals surface area (Å²) >= 11 is 0. The maximum Gasteiger partial charge on any atom is 0.472 e. The van der Waals surface area contributed by atoms with Gasteiger partial charge in [0, 0.05) is 19.4 Å². The van der Waals surface area contributed by atoms with Crippen LogP contribution in [0.4, 0.5) is 0 Å². The number of phosphoric ester groups is 1. The summed E-state index contributed by atoms with van der Waals surface area (Å²) in [6.07, 6.45) is 48.3. The minimum Gasteiger partial charge on any atom is -0.462 e. The van der Waals surface area contributed by atoms with E-state index in [4.69, 9.17) is 24.3 Å². The molecule has 1 unspecified atom stereocenters. The highest BCUT2D eigenvalue weighted by Gasteiger charge is 2.26. The van der Waals surface area contributed by atoms with Crippen LogP contribution in [0, 0.1) is 0 Å². The maximum atomic E-state index is 12.6. The third-order valence-corrected chi connectivity index (χ3v) is 10.4. The van der Waals surface area contributed by atoms with Crippen molar-refractivity contribution in [1.29, 1.82) is 0 Å². The molecule has 0 spiro atoms. The Morgan fingerprint density at radius 1 is 0.607 bits per heavy atom. The minimum atomic E-state index is -4.43. The Labute approximate surface area is 369 Å². The van der Waals surface area contributed by atoms with Gasteiger partial charge < -0.3 is 30.3 Å². The number of rotatable bonds is 42. The minimum absolute atomic E-state index is 0.0198. The second-order valence-electron chi connectivity index (χ2n) is 15.3. The summed E-state index contributed by atoms with van der Waals surface area (Å²) in [5, 5.41) is 20.0. The molecular weight excluding hydrogens is 794 g/mol. The smallest absolute Gasteiger partial charge is 0.462 e. The van der Waals surface area contributed by atoms with Gasteiger partial charge in [-0.3, -0.25) is 18.6 Å². The number of ether oxygens (including phenoxy) is 2. The Morgan fingerprint density at radius 2 is 1.18 bits per heavy atom. The van der Waals surface area contributed by atoms with Gasteiger partial charge in [-0.1, -0.05) is 176 Å². The van der Waals surface area contributed by atoms with Crippen molar-refractivity contribution in [3.05, 3.63) is 85.1 Å². The van der Waals surface area contributed by atoms with Crippen LogP contribution in [0.1, 0.15) is 168 Å². The lowest BCUT2D eigenvalue weighted by atomic mass is 10.1. The van der Waals surface area contributed by atoms with Crippen LogP contribution in [0.5, 0.6) is 0 Å². The summed E-state index contributed by atoms with van der Waals surface area (Å²) in [7, 11) is -4.43. The standard InChI is InChI=1S/C49H84NO10P/c1-3-5-7-8-9-10-11-12-13-14-15-16-17-18-19-20-24-27-33-40-49(54)60-47(44-59-61(55,56)58-42-41-50)43-57-48(53)39-34-28-32-38-46(52)37-31-26-23-21-22-25-30-36-45(51)35-29-6-4-2/h6,12-13,22-23,25-26,29-32,36-38,45-47,51-52H,3-5,7-11,14-21,24,27-28,33-35,39-44,50H2,1-2H3,(H,55,56)/b13-12-,25-22-,26-23-,29-6-,36-30+,37-31+,38-32-/t45-,46-,47-/m1/s1. The molecule has 0 aromatic heterocycles. The van der Waals surface area contributed by atoms with E-state index in [0.29, 0.717) is 32.1 Å². The third kappa shape index (κ3) is 43.5. The summed E-state index contributed by atoms with van der Waals surface area (Å²) in [5.74, 6) is -1.02. The number of hydrogen-bond donors (Lipinski definition) is 4. The summed E-state index contributed by atoms with van der Waals surface area (Å²) in [4.78, 5) is 35.0. The van der Waals surface area contributed by atoms with Gasteiger partial charge >= 0.3 is 19.8 Å². The number of allylic oxidation sites excluding steroid dienone is 10. The number of hydrogen-bond acceptors (Lipinski definition) is 10. The van der Waals surface area contributed by atoms with E-state index in [0.717, 1.165) is 25.7 Å². The van der Waals surface area contributed by atoms with Gasteiger partial charge in [0.25, 0.3) is 0 Å². The lowest BCUT2D eigenvalue weighted by Crippen LogP contribution is -2.29. The predicted octanol–water partition coefficient (Wildman–Crippen LogP) is 11.6. The molecule has 11 nitrogen and oxygen atoms in total. The Hall–Kier alpha value is -2.89. The molecule has 0 aliphatic heterocycles. The normalized spacial score (nSPS) is 15.0. The van der Waals surface area contributed by atoms with Crippen molar-refractivity contribution < 1.29 is 47.8 Å². The molecule has 0 saturated carbocycles. The molecule has 0 fully saturated rings. The number of phosphoric acid groups is 1. The molecule has 0 radical (unpaired) electrons. The van der Waals surface area contributed by atoms with Crippen molar-refractivity contribution in [3.63, 3.8) is 0 Å². The maximum absolute atomic E-state index is 12.6. The SMILES string of the molecule is CC/C=C\C[C@@H](O)/C=C/C=C\C/C=C\C=C\[C@@H](O)/C=C\CCCC(=O)OC[C@H](COP(=O)(O)OCCN)OC(=O)CCCCCCCCCCC/C=C\CCCCCCCC. The lowest BCUT2D eigenvalue weighted by molar-refractivity contribution is -0.161. The molecule has 12 heteroatoms. The van der Waals surface area contributed by atoms with Crippen LogP contribution in [0.15, 0.2) is 85.1 Å². The lowest BCUT2D eigenvalue weighted by Gasteiger charge is -2.19. The number of carbonyl (C=O) groups is 2. The molecule has 0 amide bonds. The predicted molar refractivity (Wildman–Crippen MR) is 250 cm³/mol. The fourth-order valence-electron chi connectivity index (χ4n) is 5.96. The fraction of sp³-hybridized carbons (Fsp3) is 0.673. The van der Waals surface area contributed by atoms with E-state index in [-0.39, 0.29) is 32.6 Å². The van der Waals surface area contributed by atoms with Crippen molar-refractivity contribution in [3.8, 4) is 0 Å². The van der Waals surface area contributed by atoms with E-state index in [9.17, 15) is 29.3 Å². The van der Waals surface area contributed by atoms with E-state index in [1.807, 2.05) is 42.5 Å². The van der Waals surface area contributed by atoms with Gasteiger partial charge in [-0.15, -0.1) is 0 Å². The Bertz CT molecular complexity index is 1310. The molecule has 0 saturated heterocycles. The van der Waals surface area contributed by atoms with Gasteiger partial charge in [0.15, 0.2) is 6.10 Å². The Balaban J connectivity index is 4.36. The molecular formula is C49H84NO10P. The van der Waals surface area contributed by atoms with E-state index in [1.165, 1.54) is 83.5 Å². The van der Waals surface area contributed by atoms with Crippen molar-refractivity contribution in [2.45, 2.75) is 186 Å². The van der Waals surface area contributed by atoms with Crippen molar-refractivity contribution >= 4 is 19.8 Å². The topological polar surface area (TPSA) is 175 Å². The zero-order valence-electron chi connectivity index (χ0n) is 37.8. The summed E-state index contributed by atoms with van der Waals surface area (Å²) in [5.41, 5.74) is 5.34. The van der Waals surface area contributed by atoms with Gasteiger partial charge in [-0.25, -0.2) is 4.57 Å². The number of nitrogens with two attached hydrogens (primary N) is 1. The quantitative estimate of drug-likeness (QED) is 0.0151. The summed E-state index contributed by atoms with van der Waals surface area (Å²) < 4.78 is 32.7. The highest BCUT2D eigenvalue weighted by molar-refractivity contribution is 7.47. The first-order valence-electron chi connectivity index (χ1n) is 23.3. The second-order valence-corrected chi connectivity index (χ2v) is 16.7. The first-order valence-corrected chi connectivity index (χ1v) is 24.8. The molecule has 0 aromatic carbocycles. The average molecular weight is 878 g/mol. The van der Waals surface area contributed by atoms with Crippen LogP contribution in [0.2, 0.25) is 0 Å². The highest BCUT2D eigenvalue weighted by atomic mass is 31.2. The molecule has 0 bridgehead atoms. The van der Waals surface area contributed by atoms with E-state index in [1.54, 1.807) is 30.4 Å². The first kappa shape index (κ1) is 58.1. The zero-order chi connectivity index (χ0) is 44.9. The third-order valence-electron chi connectivity index (χ3n) is 9.44. The van der Waals surface area contributed by atoms with Crippen LogP contribution < -0.4 is 5.73 Å². The molecule has 61 heavy (non-hydrogen) atoms. The van der Waals surface area contributed by atoms with Crippen LogP contribution >= 0.6 is 7.82 Å². The average Bonchev–Trinajstić information content (AvgIpc) is 3.24. The molecule has 0 aliphatic rings. The van der Waals surface area contributed by atoms with Gasteiger partial charge in [-0.2, -0.15) is 0 Å². The molecule has 0 aromatic rings. The first-order chi connectivity index (χ1) is 29.6. The summed E-state index contributed by atoms with van der Waals surface area (Å²) in [6, 6.07) is 0. The van der Waals surface area contributed by atoms with Gasteiger partial charge in [0.05, 0.1) is 25.4 Å². The van der Waals surface area contributed by atoms with Crippen LogP contribution in [-0.2, 0) is 32.7 Å². The fourth-order valence-corrected chi connectivity index (χ4v) is 6.72. The van der Waals surface area contributed by atoms with Crippen molar-refractivity contribution in [1.82, 2.24) is 0 Å². The Kier molecular flexibility index (Phi) is 41.7. The van der Waals surface area contributed by atoms with Gasteiger partial charge in [-0.05, 0) is 64.2 Å². The number of aliphatic hydroxyl groups excluding tert-OH is 2. The molecule has 4 atom stereocenters. The van der Waals surface area contributed by atoms with Crippen LogP contribution in [0.3, 0.4) is 0 Å². The molecule has 5 N–H and O–H groups in total. The van der Waals surface area contributed by atoms with E-state index >= 15 is 0 Å². The number of esters is 2. The number of aliphatic hydroxyl groups is 2. The summed E-state index contributed by atoms with van der Waals surface area (Å²) in [6.45, 7) is 3.31. The number of unbranched alkanes of at least 4 members (excludes halogenated alkanes) is 16. The van der Waals surface area contributed by atoms with Crippen molar-refractivity contribution in [2.75, 3.05) is 26.4 Å². The molecule has 0 aliphatic carbocycles. The van der Waals surface area contributed by atoms with Crippen molar-refractivity contribution in [2.24, 2.45) is 5.73 Å². The zero-order valence-corrected chi connectivity index (χ0v) is 38.7. The van der Waals surface area contributed by atoms with Crippen LogP contribution in [0.25, 0.3) is 0 Å². The van der Waals surface area contributed by atoms with Gasteiger partial charge in [0.1, 0.15) is 6.61 Å². The second kappa shape index (κ2) is 43.7. The van der Waals surface area contributed by atoms with E-state index in [2.05, 4.69) is 26.0 Å². The molecule has 350 valence electrons. The molecule has 0 rings (SSSR count). The number of carbonyl (C=O) groups excluding carboxylic acids is 2. The highest BCUT2D eigenvalue weighted by Crippen LogP contribution is 2.43.